The number of carbonyl (C=O) groups is 1. The molecule has 0 radical (unpaired) electrons. The van der Waals surface area contributed by atoms with Gasteiger partial charge in [-0.25, -0.2) is 0 Å². The van der Waals surface area contributed by atoms with Crippen LogP contribution in [0.4, 0.5) is 5.69 Å². The predicted molar refractivity (Wildman–Crippen MR) is 89.7 cm³/mol. The summed E-state index contributed by atoms with van der Waals surface area (Å²) in [6.45, 7) is 3.82. The Labute approximate surface area is 140 Å². The van der Waals surface area contributed by atoms with E-state index >= 15 is 0 Å². The van der Waals surface area contributed by atoms with Crippen molar-refractivity contribution in [3.8, 4) is 0 Å². The first-order valence-electron chi connectivity index (χ1n) is 8.35. The standard InChI is InChI=1S/C17H22BrN3O/c18-15-8-19-6-4-16(15)20-7-5-14(11-20)17(22)21-9-12-2-1-3-13(12)10-21/h4,6,8,12-14H,1-3,5,7,9-11H2. The van der Waals surface area contributed by atoms with Gasteiger partial charge in [0.05, 0.1) is 16.1 Å². The van der Waals surface area contributed by atoms with Gasteiger partial charge in [-0.3, -0.25) is 9.78 Å². The van der Waals surface area contributed by atoms with E-state index in [1.54, 1.807) is 0 Å². The Bertz CT molecular complexity index is 567. The van der Waals surface area contributed by atoms with E-state index in [-0.39, 0.29) is 5.92 Å². The molecule has 1 aliphatic carbocycles. The molecule has 3 heterocycles. The topological polar surface area (TPSA) is 36.4 Å². The Hall–Kier alpha value is -1.10. The molecule has 22 heavy (non-hydrogen) atoms. The van der Waals surface area contributed by atoms with Crippen LogP contribution < -0.4 is 4.90 Å². The summed E-state index contributed by atoms with van der Waals surface area (Å²) in [6, 6.07) is 2.02. The number of carbonyl (C=O) groups excluding carboxylic acids is 1. The first-order valence-corrected chi connectivity index (χ1v) is 9.15. The summed E-state index contributed by atoms with van der Waals surface area (Å²) in [5, 5.41) is 0. The highest BCUT2D eigenvalue weighted by atomic mass is 79.9. The highest BCUT2D eigenvalue weighted by molar-refractivity contribution is 9.10. The fourth-order valence-electron chi connectivity index (χ4n) is 4.48. The van der Waals surface area contributed by atoms with Gasteiger partial charge >= 0.3 is 0 Å². The molecule has 2 saturated heterocycles. The molecule has 4 rings (SSSR count). The molecule has 1 aromatic rings. The monoisotopic (exact) mass is 363 g/mol. The van der Waals surface area contributed by atoms with Crippen molar-refractivity contribution in [2.24, 2.45) is 17.8 Å². The van der Waals surface area contributed by atoms with E-state index < -0.39 is 0 Å². The molecule has 3 atom stereocenters. The summed E-state index contributed by atoms with van der Waals surface area (Å²) >= 11 is 3.56. The van der Waals surface area contributed by atoms with E-state index in [9.17, 15) is 4.79 Å². The average Bonchev–Trinajstić information content (AvgIpc) is 3.22. The van der Waals surface area contributed by atoms with E-state index in [4.69, 9.17) is 0 Å². The van der Waals surface area contributed by atoms with Gasteiger partial charge in [-0.1, -0.05) is 6.42 Å². The maximum absolute atomic E-state index is 12.8. The van der Waals surface area contributed by atoms with Crippen molar-refractivity contribution in [1.82, 2.24) is 9.88 Å². The summed E-state index contributed by atoms with van der Waals surface area (Å²) < 4.78 is 1.01. The minimum absolute atomic E-state index is 0.166. The van der Waals surface area contributed by atoms with Gasteiger partial charge in [0.25, 0.3) is 0 Å². The highest BCUT2D eigenvalue weighted by Crippen LogP contribution is 2.39. The van der Waals surface area contributed by atoms with E-state index in [1.165, 1.54) is 19.3 Å². The number of hydrogen-bond acceptors (Lipinski definition) is 3. The van der Waals surface area contributed by atoms with Gasteiger partial charge in [-0.15, -0.1) is 0 Å². The Morgan fingerprint density at radius 3 is 2.68 bits per heavy atom. The molecule has 0 spiro atoms. The molecule has 118 valence electrons. The summed E-state index contributed by atoms with van der Waals surface area (Å²) in [5.41, 5.74) is 1.16. The Balaban J connectivity index is 1.40. The van der Waals surface area contributed by atoms with Crippen LogP contribution in [0.15, 0.2) is 22.9 Å². The van der Waals surface area contributed by atoms with Gasteiger partial charge in [0.15, 0.2) is 0 Å². The number of nitrogens with zero attached hydrogens (tertiary/aromatic N) is 3. The fourth-order valence-corrected chi connectivity index (χ4v) is 4.98. The molecule has 0 N–H and O–H groups in total. The molecule has 1 saturated carbocycles. The van der Waals surface area contributed by atoms with Crippen molar-refractivity contribution in [3.63, 3.8) is 0 Å². The van der Waals surface area contributed by atoms with Crippen LogP contribution in [-0.2, 0) is 4.79 Å². The van der Waals surface area contributed by atoms with Crippen LogP contribution in [0.25, 0.3) is 0 Å². The van der Waals surface area contributed by atoms with Crippen LogP contribution >= 0.6 is 15.9 Å². The van der Waals surface area contributed by atoms with Crippen LogP contribution in [0, 0.1) is 17.8 Å². The third-order valence-electron chi connectivity index (χ3n) is 5.67. The molecule has 4 nitrogen and oxygen atoms in total. The lowest BCUT2D eigenvalue weighted by atomic mass is 10.0. The summed E-state index contributed by atoms with van der Waals surface area (Å²) in [5.74, 6) is 2.13. The first kappa shape index (κ1) is 14.5. The minimum atomic E-state index is 0.166. The zero-order chi connectivity index (χ0) is 15.1. The number of anilines is 1. The van der Waals surface area contributed by atoms with E-state index in [0.717, 1.165) is 54.6 Å². The lowest BCUT2D eigenvalue weighted by Crippen LogP contribution is -2.36. The molecule has 3 unspecified atom stereocenters. The van der Waals surface area contributed by atoms with Crippen LogP contribution in [0.5, 0.6) is 0 Å². The van der Waals surface area contributed by atoms with E-state index in [0.29, 0.717) is 5.91 Å². The number of fused-ring (bicyclic) bond motifs is 1. The zero-order valence-corrected chi connectivity index (χ0v) is 14.3. The van der Waals surface area contributed by atoms with Gasteiger partial charge < -0.3 is 9.80 Å². The second kappa shape index (κ2) is 5.84. The Kier molecular flexibility index (Phi) is 3.84. The third-order valence-corrected chi connectivity index (χ3v) is 6.28. The molecule has 0 aromatic carbocycles. The maximum atomic E-state index is 12.8. The predicted octanol–water partition coefficient (Wildman–Crippen LogP) is 2.93. The van der Waals surface area contributed by atoms with E-state index in [2.05, 4.69) is 30.7 Å². The smallest absolute Gasteiger partial charge is 0.227 e. The molecule has 5 heteroatoms. The summed E-state index contributed by atoms with van der Waals surface area (Å²) in [6.07, 6.45) is 8.64. The SMILES string of the molecule is O=C(C1CCN(c2ccncc2Br)C1)N1CC2CCCC2C1. The van der Waals surface area contributed by atoms with Crippen molar-refractivity contribution in [2.45, 2.75) is 25.7 Å². The van der Waals surface area contributed by atoms with Crippen molar-refractivity contribution in [2.75, 3.05) is 31.1 Å². The van der Waals surface area contributed by atoms with Gasteiger partial charge in [-0.05, 0) is 53.1 Å². The lowest BCUT2D eigenvalue weighted by molar-refractivity contribution is -0.134. The molecule has 0 bridgehead atoms. The second-order valence-corrected chi connectivity index (χ2v) is 7.81. The lowest BCUT2D eigenvalue weighted by Gasteiger charge is -2.23. The molecule has 3 fully saturated rings. The van der Waals surface area contributed by atoms with Gasteiger partial charge in [0.2, 0.25) is 5.91 Å². The maximum Gasteiger partial charge on any atom is 0.227 e. The van der Waals surface area contributed by atoms with E-state index in [1.807, 2.05) is 18.5 Å². The summed E-state index contributed by atoms with van der Waals surface area (Å²) in [4.78, 5) is 21.4. The quantitative estimate of drug-likeness (QED) is 0.810. The zero-order valence-electron chi connectivity index (χ0n) is 12.7. The Morgan fingerprint density at radius 1 is 1.18 bits per heavy atom. The molecular weight excluding hydrogens is 342 g/mol. The molecule has 3 aliphatic rings. The van der Waals surface area contributed by atoms with Gasteiger partial charge in [0, 0.05) is 38.6 Å². The van der Waals surface area contributed by atoms with Crippen molar-refractivity contribution in [1.29, 1.82) is 0 Å². The normalized spacial score (nSPS) is 30.9. The molecule has 1 aromatic heterocycles. The highest BCUT2D eigenvalue weighted by Gasteiger charge is 2.41. The number of hydrogen-bond donors (Lipinski definition) is 0. The van der Waals surface area contributed by atoms with Crippen LogP contribution in [0.2, 0.25) is 0 Å². The van der Waals surface area contributed by atoms with Crippen LogP contribution in [0.1, 0.15) is 25.7 Å². The number of aromatic nitrogens is 1. The second-order valence-electron chi connectivity index (χ2n) is 6.95. The van der Waals surface area contributed by atoms with Gasteiger partial charge in [0.1, 0.15) is 0 Å². The number of halogens is 1. The minimum Gasteiger partial charge on any atom is -0.370 e. The van der Waals surface area contributed by atoms with Crippen molar-refractivity contribution < 1.29 is 4.79 Å². The number of amides is 1. The molecule has 2 aliphatic heterocycles. The van der Waals surface area contributed by atoms with Crippen molar-refractivity contribution in [3.05, 3.63) is 22.9 Å². The average molecular weight is 364 g/mol. The van der Waals surface area contributed by atoms with Crippen LogP contribution in [0.3, 0.4) is 0 Å². The number of rotatable bonds is 2. The van der Waals surface area contributed by atoms with Crippen molar-refractivity contribution >= 4 is 27.5 Å². The third kappa shape index (κ3) is 2.53. The van der Waals surface area contributed by atoms with Crippen LogP contribution in [-0.4, -0.2) is 42.0 Å². The molecule has 1 amide bonds. The number of likely N-dealkylation sites (tertiary alicyclic amines) is 1. The summed E-state index contributed by atoms with van der Waals surface area (Å²) in [7, 11) is 0. The molecular formula is C17H22BrN3O. The largest absolute Gasteiger partial charge is 0.370 e. The first-order chi connectivity index (χ1) is 10.7. The number of pyridine rings is 1. The fraction of sp³-hybridized carbons (Fsp3) is 0.647. The van der Waals surface area contributed by atoms with Gasteiger partial charge in [-0.2, -0.15) is 0 Å². The Morgan fingerprint density at radius 2 is 1.95 bits per heavy atom.